The highest BCUT2D eigenvalue weighted by molar-refractivity contribution is 8.05. The number of benzene rings is 6. The van der Waals surface area contributed by atoms with Crippen molar-refractivity contribution in [3.8, 4) is 16.8 Å². The highest BCUT2D eigenvalue weighted by Crippen LogP contribution is 2.54. The Kier molecular flexibility index (Phi) is 4.80. The Hall–Kier alpha value is -4.38. The third kappa shape index (κ3) is 3.21. The quantitative estimate of drug-likeness (QED) is 0.233. The van der Waals surface area contributed by atoms with Gasteiger partial charge in [0.2, 0.25) is 0 Å². The predicted octanol–water partition coefficient (Wildman–Crippen LogP) is 10.7. The van der Waals surface area contributed by atoms with E-state index in [-0.39, 0.29) is 0 Å². The van der Waals surface area contributed by atoms with E-state index in [0.717, 1.165) is 0 Å². The molecule has 0 saturated heterocycles. The smallest absolute Gasteiger partial charge is 0.0692 e. The van der Waals surface area contributed by atoms with Crippen LogP contribution in [0, 0.1) is 0 Å². The number of nitrogens with one attached hydrogen (secondary N) is 1. The first kappa shape index (κ1) is 22.4. The molecule has 1 aliphatic heterocycles. The molecule has 40 heavy (non-hydrogen) atoms. The number of rotatable bonds is 2. The zero-order valence-electron chi connectivity index (χ0n) is 21.4. The molecule has 8 aromatic rings. The van der Waals surface area contributed by atoms with E-state index in [9.17, 15) is 0 Å². The van der Waals surface area contributed by atoms with E-state index in [2.05, 4.69) is 137 Å². The van der Waals surface area contributed by atoms with Crippen LogP contribution < -0.4 is 0 Å². The summed E-state index contributed by atoms with van der Waals surface area (Å²) in [6.07, 6.45) is 0. The second-order valence-corrected chi connectivity index (χ2v) is 12.3. The Morgan fingerprint density at radius 1 is 0.475 bits per heavy atom. The highest BCUT2D eigenvalue weighted by Gasteiger charge is 2.26. The molecule has 0 radical (unpaired) electrons. The highest BCUT2D eigenvalue weighted by atomic mass is 32.2. The minimum atomic E-state index is 1.18. The summed E-state index contributed by atoms with van der Waals surface area (Å²) in [5, 5.41) is 5.16. The molecular weight excluding hydrogens is 525 g/mol. The van der Waals surface area contributed by atoms with Gasteiger partial charge in [-0.15, -0.1) is 0 Å². The van der Waals surface area contributed by atoms with Crippen LogP contribution in [0.5, 0.6) is 0 Å². The number of fused-ring (bicyclic) bond motifs is 10. The van der Waals surface area contributed by atoms with Crippen molar-refractivity contribution in [1.82, 2.24) is 9.55 Å². The van der Waals surface area contributed by atoms with Crippen molar-refractivity contribution in [1.29, 1.82) is 0 Å². The first-order valence-electron chi connectivity index (χ1n) is 13.4. The Bertz CT molecular complexity index is 2260. The minimum Gasteiger partial charge on any atom is -0.354 e. The van der Waals surface area contributed by atoms with Crippen molar-refractivity contribution in [2.45, 2.75) is 19.6 Å². The third-order valence-corrected chi connectivity index (χ3v) is 10.6. The van der Waals surface area contributed by atoms with Crippen molar-refractivity contribution < 1.29 is 0 Å². The first-order chi connectivity index (χ1) is 19.8. The molecule has 188 valence electrons. The lowest BCUT2D eigenvalue weighted by atomic mass is 10.1. The number of nitrogens with zero attached hydrogens (tertiary/aromatic N) is 1. The van der Waals surface area contributed by atoms with E-state index in [1.807, 2.05) is 23.5 Å². The summed E-state index contributed by atoms with van der Waals surface area (Å²) in [7, 11) is 0. The predicted molar refractivity (Wildman–Crippen MR) is 170 cm³/mol. The summed E-state index contributed by atoms with van der Waals surface area (Å²) in [5.41, 5.74) is 8.60. The van der Waals surface area contributed by atoms with Crippen LogP contribution in [-0.4, -0.2) is 9.55 Å². The Morgan fingerprint density at radius 3 is 1.98 bits per heavy atom. The average molecular weight is 547 g/mol. The van der Waals surface area contributed by atoms with Crippen LogP contribution in [0.1, 0.15) is 0 Å². The van der Waals surface area contributed by atoms with Crippen LogP contribution in [0.2, 0.25) is 0 Å². The summed E-state index contributed by atoms with van der Waals surface area (Å²) in [5.74, 6) is 0. The summed E-state index contributed by atoms with van der Waals surface area (Å²) < 4.78 is 2.46. The second kappa shape index (κ2) is 8.56. The molecule has 0 unspecified atom stereocenters. The lowest BCUT2D eigenvalue weighted by Gasteiger charge is -2.21. The van der Waals surface area contributed by atoms with Crippen molar-refractivity contribution in [3.63, 3.8) is 0 Å². The van der Waals surface area contributed by atoms with Crippen LogP contribution in [0.3, 0.4) is 0 Å². The fourth-order valence-corrected chi connectivity index (χ4v) is 8.66. The molecule has 1 N–H and O–H groups in total. The molecular formula is C36H22N2S2. The molecule has 2 nitrogen and oxygen atoms in total. The van der Waals surface area contributed by atoms with E-state index in [1.165, 1.54) is 80.0 Å². The van der Waals surface area contributed by atoms with Crippen LogP contribution >= 0.6 is 23.5 Å². The molecule has 0 spiro atoms. The number of hydrogen-bond acceptors (Lipinski definition) is 2. The van der Waals surface area contributed by atoms with Crippen molar-refractivity contribution in [2.75, 3.05) is 0 Å². The van der Waals surface area contributed by atoms with Crippen LogP contribution in [0.25, 0.3) is 60.4 Å². The lowest BCUT2D eigenvalue weighted by Crippen LogP contribution is -1.98. The summed E-state index contributed by atoms with van der Waals surface area (Å²) in [6.45, 7) is 0. The largest absolute Gasteiger partial charge is 0.354 e. The summed E-state index contributed by atoms with van der Waals surface area (Å²) >= 11 is 3.79. The number of aromatic nitrogens is 2. The van der Waals surface area contributed by atoms with Crippen LogP contribution in [0.15, 0.2) is 147 Å². The maximum absolute atomic E-state index is 3.71. The number of hydrogen-bond donors (Lipinski definition) is 1. The molecule has 0 atom stereocenters. The van der Waals surface area contributed by atoms with Crippen molar-refractivity contribution in [2.24, 2.45) is 0 Å². The fourth-order valence-electron chi connectivity index (χ4n) is 6.16. The summed E-state index contributed by atoms with van der Waals surface area (Å²) in [6, 6.07) is 46.2. The first-order valence-corrected chi connectivity index (χ1v) is 15.1. The fraction of sp³-hybridized carbons (Fsp3) is 0. The van der Waals surface area contributed by atoms with E-state index in [0.29, 0.717) is 0 Å². The Balaban J connectivity index is 1.26. The topological polar surface area (TPSA) is 20.7 Å². The monoisotopic (exact) mass is 546 g/mol. The van der Waals surface area contributed by atoms with Gasteiger partial charge in [-0.25, -0.2) is 0 Å². The van der Waals surface area contributed by atoms with Gasteiger partial charge in [0.25, 0.3) is 0 Å². The third-order valence-electron chi connectivity index (χ3n) is 8.01. The number of para-hydroxylation sites is 2. The molecule has 0 amide bonds. The molecule has 9 rings (SSSR count). The molecule has 0 aliphatic carbocycles. The van der Waals surface area contributed by atoms with Gasteiger partial charge in [-0.2, -0.15) is 0 Å². The molecule has 1 aliphatic rings. The molecule has 0 saturated carbocycles. The van der Waals surface area contributed by atoms with Gasteiger partial charge in [-0.3, -0.25) is 0 Å². The van der Waals surface area contributed by atoms with Gasteiger partial charge in [-0.05, 0) is 47.5 Å². The summed E-state index contributed by atoms with van der Waals surface area (Å²) in [4.78, 5) is 8.97. The average Bonchev–Trinajstić information content (AvgIpc) is 3.57. The van der Waals surface area contributed by atoms with Gasteiger partial charge in [0.1, 0.15) is 0 Å². The maximum Gasteiger partial charge on any atom is 0.0692 e. The van der Waals surface area contributed by atoms with Gasteiger partial charge in [0, 0.05) is 42.5 Å². The van der Waals surface area contributed by atoms with Crippen molar-refractivity contribution >= 4 is 67.1 Å². The van der Waals surface area contributed by atoms with Crippen LogP contribution in [0.4, 0.5) is 0 Å². The van der Waals surface area contributed by atoms with Crippen molar-refractivity contribution in [3.05, 3.63) is 127 Å². The molecule has 0 bridgehead atoms. The number of H-pyrrole nitrogens is 1. The number of aromatic amines is 1. The zero-order valence-corrected chi connectivity index (χ0v) is 23.0. The van der Waals surface area contributed by atoms with Gasteiger partial charge < -0.3 is 9.55 Å². The van der Waals surface area contributed by atoms with Gasteiger partial charge in [0.15, 0.2) is 0 Å². The molecule has 2 aromatic heterocycles. The maximum atomic E-state index is 3.71. The second-order valence-electron chi connectivity index (χ2n) is 10.2. The molecule has 6 aromatic carbocycles. The minimum absolute atomic E-state index is 1.18. The van der Waals surface area contributed by atoms with E-state index in [4.69, 9.17) is 0 Å². The molecule has 3 heterocycles. The SMILES string of the molecule is c1ccc(-c2ccc(-n3c4ccccc4c4ccc5c(c43)Sc3ccc4c([nH]c6ccccc64)c3S5)cc2)cc1. The van der Waals surface area contributed by atoms with Gasteiger partial charge in [-0.1, -0.05) is 115 Å². The lowest BCUT2D eigenvalue weighted by molar-refractivity contribution is 1.12. The molecule has 0 fully saturated rings. The van der Waals surface area contributed by atoms with Gasteiger partial charge in [0.05, 0.1) is 26.3 Å². The Labute approximate surface area is 239 Å². The van der Waals surface area contributed by atoms with E-state index < -0.39 is 0 Å². The van der Waals surface area contributed by atoms with Gasteiger partial charge >= 0.3 is 0 Å². The van der Waals surface area contributed by atoms with E-state index >= 15 is 0 Å². The Morgan fingerprint density at radius 2 is 1.12 bits per heavy atom. The normalized spacial score (nSPS) is 12.8. The molecule has 4 heteroatoms. The van der Waals surface area contributed by atoms with E-state index in [1.54, 1.807) is 0 Å². The zero-order chi connectivity index (χ0) is 26.2. The standard InChI is InChI=1S/C36H22N2S2/c1-2-8-22(9-3-1)23-14-16-24(17-15-23)38-30-13-7-5-11-26(30)28-19-21-32-36(34(28)38)40-31-20-18-27-25-10-4-6-12-29(25)37-33(27)35(31)39-32/h1-21,37H. The van der Waals surface area contributed by atoms with Crippen LogP contribution in [-0.2, 0) is 0 Å².